The second kappa shape index (κ2) is 7.22. The minimum absolute atomic E-state index is 0.0303. The molecule has 2 amide bonds. The summed E-state index contributed by atoms with van der Waals surface area (Å²) in [4.78, 5) is 29.9. The largest absolute Gasteiger partial charge is 0.340 e. The summed E-state index contributed by atoms with van der Waals surface area (Å²) in [7, 11) is 1.94. The van der Waals surface area contributed by atoms with Gasteiger partial charge in [-0.1, -0.05) is 37.3 Å². The Morgan fingerprint density at radius 1 is 1.07 bits per heavy atom. The number of rotatable bonds is 4. The third-order valence-electron chi connectivity index (χ3n) is 5.96. The van der Waals surface area contributed by atoms with Crippen molar-refractivity contribution in [1.29, 1.82) is 0 Å². The Hall–Kier alpha value is -2.56. The number of amides is 2. The first-order valence-electron chi connectivity index (χ1n) is 9.91. The molecular formula is C22H27N3O2. The van der Waals surface area contributed by atoms with Gasteiger partial charge in [0, 0.05) is 38.4 Å². The number of aromatic nitrogens is 1. The van der Waals surface area contributed by atoms with Gasteiger partial charge in [-0.3, -0.25) is 9.59 Å². The molecule has 0 spiro atoms. The van der Waals surface area contributed by atoms with Crippen LogP contribution in [0.5, 0.6) is 0 Å². The summed E-state index contributed by atoms with van der Waals surface area (Å²) in [6.45, 7) is 4.08. The molecule has 5 nitrogen and oxygen atoms in total. The van der Waals surface area contributed by atoms with Crippen LogP contribution < -0.4 is 0 Å². The highest BCUT2D eigenvalue weighted by Gasteiger charge is 2.41. The molecule has 27 heavy (non-hydrogen) atoms. The molecule has 5 heteroatoms. The van der Waals surface area contributed by atoms with E-state index in [1.807, 2.05) is 51.7 Å². The fourth-order valence-electron chi connectivity index (χ4n) is 4.53. The van der Waals surface area contributed by atoms with Gasteiger partial charge in [0.2, 0.25) is 5.91 Å². The molecule has 2 atom stereocenters. The Labute approximate surface area is 160 Å². The average molecular weight is 365 g/mol. The molecule has 3 aliphatic rings. The lowest BCUT2D eigenvalue weighted by atomic mass is 9.94. The van der Waals surface area contributed by atoms with E-state index >= 15 is 0 Å². The van der Waals surface area contributed by atoms with Gasteiger partial charge in [-0.25, -0.2) is 0 Å². The van der Waals surface area contributed by atoms with Crippen molar-refractivity contribution in [3.63, 3.8) is 0 Å². The summed E-state index contributed by atoms with van der Waals surface area (Å²) in [5, 5.41) is 0. The molecule has 0 saturated carbocycles. The molecule has 1 aromatic heterocycles. The Bertz CT molecular complexity index is 842. The van der Waals surface area contributed by atoms with Crippen LogP contribution in [0.25, 0.3) is 11.3 Å². The quantitative estimate of drug-likeness (QED) is 0.835. The molecule has 3 aliphatic heterocycles. The normalized spacial score (nSPS) is 22.2. The molecule has 0 aliphatic carbocycles. The van der Waals surface area contributed by atoms with Crippen LogP contribution >= 0.6 is 0 Å². The highest BCUT2D eigenvalue weighted by molar-refractivity contribution is 5.94. The summed E-state index contributed by atoms with van der Waals surface area (Å²) >= 11 is 0. The van der Waals surface area contributed by atoms with Gasteiger partial charge in [0.1, 0.15) is 5.69 Å². The summed E-state index contributed by atoms with van der Waals surface area (Å²) in [6.07, 6.45) is 2.86. The standard InChI is InChI=1S/C22H27N3O2/c1-3-13-25-18-10-9-17(21(25)26)14-24(15-18)22(27)20-12-11-19(23(20)2)16-7-5-4-6-8-16/h4-8,11-12,17-18H,3,9-10,13-15H2,1-2H3/t17-,18+/m1/s1. The molecule has 3 fully saturated rings. The molecule has 0 N–H and O–H groups in total. The number of hydrogen-bond acceptors (Lipinski definition) is 2. The molecule has 2 aromatic rings. The van der Waals surface area contributed by atoms with Crippen LogP contribution in [0, 0.1) is 5.92 Å². The van der Waals surface area contributed by atoms with Gasteiger partial charge < -0.3 is 14.4 Å². The lowest BCUT2D eigenvalue weighted by Gasteiger charge is -2.35. The zero-order chi connectivity index (χ0) is 19.0. The van der Waals surface area contributed by atoms with Crippen LogP contribution in [0.3, 0.4) is 0 Å². The molecule has 3 saturated heterocycles. The highest BCUT2D eigenvalue weighted by Crippen LogP contribution is 2.30. The van der Waals surface area contributed by atoms with Crippen LogP contribution in [0.2, 0.25) is 0 Å². The predicted molar refractivity (Wildman–Crippen MR) is 105 cm³/mol. The van der Waals surface area contributed by atoms with E-state index in [-0.39, 0.29) is 23.8 Å². The first-order valence-corrected chi connectivity index (χ1v) is 9.91. The van der Waals surface area contributed by atoms with E-state index in [2.05, 4.69) is 19.1 Å². The molecule has 0 radical (unpaired) electrons. The van der Waals surface area contributed by atoms with E-state index in [1.54, 1.807) is 0 Å². The van der Waals surface area contributed by atoms with Crippen molar-refractivity contribution in [2.75, 3.05) is 19.6 Å². The van der Waals surface area contributed by atoms with Gasteiger partial charge in [-0.15, -0.1) is 0 Å². The van der Waals surface area contributed by atoms with E-state index < -0.39 is 0 Å². The lowest BCUT2D eigenvalue weighted by molar-refractivity contribution is -0.139. The average Bonchev–Trinajstić information content (AvgIpc) is 2.87. The maximum absolute atomic E-state index is 13.3. The van der Waals surface area contributed by atoms with E-state index in [4.69, 9.17) is 0 Å². The topological polar surface area (TPSA) is 45.6 Å². The zero-order valence-electron chi connectivity index (χ0n) is 16.1. The number of nitrogens with zero attached hydrogens (tertiary/aromatic N) is 3. The molecule has 0 unspecified atom stereocenters. The van der Waals surface area contributed by atoms with Gasteiger partial charge in [0.05, 0.1) is 5.92 Å². The highest BCUT2D eigenvalue weighted by atomic mass is 16.2. The minimum atomic E-state index is -0.0480. The van der Waals surface area contributed by atoms with Crippen molar-refractivity contribution < 1.29 is 9.59 Å². The molecule has 5 rings (SSSR count). The summed E-state index contributed by atoms with van der Waals surface area (Å²) < 4.78 is 1.97. The van der Waals surface area contributed by atoms with Crippen LogP contribution in [0.4, 0.5) is 0 Å². The zero-order valence-corrected chi connectivity index (χ0v) is 16.1. The smallest absolute Gasteiger partial charge is 0.270 e. The maximum Gasteiger partial charge on any atom is 0.270 e. The van der Waals surface area contributed by atoms with Gasteiger partial charge in [0.15, 0.2) is 0 Å². The second-order valence-electron chi connectivity index (χ2n) is 7.70. The van der Waals surface area contributed by atoms with E-state index in [1.165, 1.54) is 0 Å². The number of carbonyl (C=O) groups excluding carboxylic acids is 2. The minimum Gasteiger partial charge on any atom is -0.340 e. The number of piperidine rings is 1. The Morgan fingerprint density at radius 2 is 1.85 bits per heavy atom. The molecule has 1 aromatic carbocycles. The summed E-state index contributed by atoms with van der Waals surface area (Å²) in [6, 6.07) is 14.2. The van der Waals surface area contributed by atoms with E-state index in [0.29, 0.717) is 18.8 Å². The number of fused-ring (bicyclic) bond motifs is 4. The SMILES string of the molecule is CCCN1C(=O)[C@@H]2CC[C@H]1CN(C(=O)c1ccc(-c3ccccc3)n1C)C2. The Balaban J connectivity index is 1.59. The van der Waals surface area contributed by atoms with Crippen LogP contribution in [-0.2, 0) is 11.8 Å². The van der Waals surface area contributed by atoms with Crippen molar-refractivity contribution >= 4 is 11.8 Å². The Morgan fingerprint density at radius 3 is 2.59 bits per heavy atom. The van der Waals surface area contributed by atoms with Crippen molar-refractivity contribution in [2.24, 2.45) is 13.0 Å². The lowest BCUT2D eigenvalue weighted by Crippen LogP contribution is -2.48. The number of hydrogen-bond donors (Lipinski definition) is 0. The van der Waals surface area contributed by atoms with Crippen molar-refractivity contribution in [3.8, 4) is 11.3 Å². The molecule has 142 valence electrons. The fraction of sp³-hybridized carbons (Fsp3) is 0.455. The van der Waals surface area contributed by atoms with Gasteiger partial charge >= 0.3 is 0 Å². The van der Waals surface area contributed by atoms with E-state index in [9.17, 15) is 9.59 Å². The molecule has 2 bridgehead atoms. The van der Waals surface area contributed by atoms with Crippen molar-refractivity contribution in [1.82, 2.24) is 14.4 Å². The Kier molecular flexibility index (Phi) is 4.77. The van der Waals surface area contributed by atoms with Crippen LogP contribution in [-0.4, -0.2) is 51.9 Å². The first-order chi connectivity index (χ1) is 13.1. The fourth-order valence-corrected chi connectivity index (χ4v) is 4.53. The van der Waals surface area contributed by atoms with Gasteiger partial charge in [0.25, 0.3) is 5.91 Å². The van der Waals surface area contributed by atoms with Gasteiger partial charge in [-0.05, 0) is 37.0 Å². The summed E-state index contributed by atoms with van der Waals surface area (Å²) in [5.74, 6) is 0.219. The van der Waals surface area contributed by atoms with E-state index in [0.717, 1.165) is 37.1 Å². The second-order valence-corrected chi connectivity index (χ2v) is 7.70. The van der Waals surface area contributed by atoms with Crippen LogP contribution in [0.15, 0.2) is 42.5 Å². The predicted octanol–water partition coefficient (Wildman–Crippen LogP) is 3.17. The molecular weight excluding hydrogens is 338 g/mol. The maximum atomic E-state index is 13.3. The summed E-state index contributed by atoms with van der Waals surface area (Å²) in [5.41, 5.74) is 2.81. The van der Waals surface area contributed by atoms with Gasteiger partial charge in [-0.2, -0.15) is 0 Å². The molecule has 4 heterocycles. The first kappa shape index (κ1) is 17.8. The van der Waals surface area contributed by atoms with Crippen LogP contribution in [0.1, 0.15) is 36.7 Å². The van der Waals surface area contributed by atoms with Crippen molar-refractivity contribution in [2.45, 2.75) is 32.2 Å². The third-order valence-corrected chi connectivity index (χ3v) is 5.96. The number of benzene rings is 1. The third kappa shape index (κ3) is 3.15. The van der Waals surface area contributed by atoms with Crippen molar-refractivity contribution in [3.05, 3.63) is 48.2 Å². The monoisotopic (exact) mass is 365 g/mol. The number of carbonyl (C=O) groups is 2.